The summed E-state index contributed by atoms with van der Waals surface area (Å²) in [7, 11) is 1.84. The van der Waals surface area contributed by atoms with Crippen LogP contribution in [0.25, 0.3) is 5.65 Å². The van der Waals surface area contributed by atoms with Crippen LogP contribution in [0.4, 0.5) is 5.95 Å². The first-order valence-electron chi connectivity index (χ1n) is 6.47. The smallest absolute Gasteiger partial charge is 0.227 e. The highest BCUT2D eigenvalue weighted by Gasteiger charge is 2.16. The molecule has 19 heavy (non-hydrogen) atoms. The van der Waals surface area contributed by atoms with Crippen molar-refractivity contribution in [1.82, 2.24) is 24.5 Å². The minimum atomic E-state index is 0.718. The van der Waals surface area contributed by atoms with Gasteiger partial charge in [0.15, 0.2) is 5.65 Å². The molecule has 1 aliphatic heterocycles. The van der Waals surface area contributed by atoms with Gasteiger partial charge in [0, 0.05) is 32.2 Å². The van der Waals surface area contributed by atoms with Crippen LogP contribution in [0.3, 0.4) is 0 Å². The molecule has 2 aromatic rings. The number of aryl methyl sites for hydroxylation is 1. The van der Waals surface area contributed by atoms with Crippen molar-refractivity contribution in [3.63, 3.8) is 0 Å². The number of hydrogen-bond donors (Lipinski definition) is 1. The highest BCUT2D eigenvalue weighted by Crippen LogP contribution is 2.15. The maximum absolute atomic E-state index is 5.36. The summed E-state index contributed by atoms with van der Waals surface area (Å²) in [6.07, 6.45) is 1.87. The highest BCUT2D eigenvalue weighted by molar-refractivity contribution is 5.50. The third kappa shape index (κ3) is 2.39. The summed E-state index contributed by atoms with van der Waals surface area (Å²) in [4.78, 5) is 11.2. The molecule has 7 heteroatoms. The van der Waals surface area contributed by atoms with Crippen molar-refractivity contribution in [3.05, 3.63) is 17.6 Å². The van der Waals surface area contributed by atoms with Crippen molar-refractivity contribution in [2.45, 2.75) is 13.5 Å². The maximum Gasteiger partial charge on any atom is 0.227 e. The number of nitrogens with one attached hydrogen (secondary N) is 1. The summed E-state index contributed by atoms with van der Waals surface area (Å²) in [6, 6.07) is 0. The molecule has 3 rings (SSSR count). The second-order valence-corrected chi connectivity index (χ2v) is 4.64. The summed E-state index contributed by atoms with van der Waals surface area (Å²) in [5.74, 6) is 1.47. The van der Waals surface area contributed by atoms with Crippen LogP contribution in [-0.2, 0) is 11.3 Å². The number of hydrogen-bond acceptors (Lipinski definition) is 6. The van der Waals surface area contributed by atoms with Gasteiger partial charge in [-0.15, -0.1) is 0 Å². The number of morpholine rings is 1. The molecule has 3 heterocycles. The Balaban J connectivity index is 1.93. The Morgan fingerprint density at radius 3 is 2.84 bits per heavy atom. The van der Waals surface area contributed by atoms with Crippen molar-refractivity contribution in [3.8, 4) is 0 Å². The van der Waals surface area contributed by atoms with Crippen molar-refractivity contribution in [2.75, 3.05) is 38.7 Å². The molecule has 1 aliphatic rings. The fourth-order valence-corrected chi connectivity index (χ4v) is 2.30. The summed E-state index contributed by atoms with van der Waals surface area (Å²) in [6.45, 7) is 6.27. The van der Waals surface area contributed by atoms with Gasteiger partial charge in [-0.05, 0) is 6.92 Å². The monoisotopic (exact) mass is 262 g/mol. The lowest BCUT2D eigenvalue weighted by Gasteiger charge is -2.25. The number of aromatic nitrogens is 4. The third-order valence-electron chi connectivity index (χ3n) is 3.27. The van der Waals surface area contributed by atoms with Gasteiger partial charge in [-0.2, -0.15) is 14.6 Å². The largest absolute Gasteiger partial charge is 0.379 e. The SMILES string of the molecule is CNc1nc(C)nc2c(CN3CCOCC3)cnn12. The van der Waals surface area contributed by atoms with E-state index in [9.17, 15) is 0 Å². The number of nitrogens with zero attached hydrogens (tertiary/aromatic N) is 5. The Morgan fingerprint density at radius 2 is 2.11 bits per heavy atom. The van der Waals surface area contributed by atoms with E-state index in [1.807, 2.05) is 20.2 Å². The second-order valence-electron chi connectivity index (χ2n) is 4.64. The molecule has 0 amide bonds. The first-order chi connectivity index (χ1) is 9.28. The third-order valence-corrected chi connectivity index (χ3v) is 3.27. The Hall–Kier alpha value is -1.73. The zero-order chi connectivity index (χ0) is 13.2. The van der Waals surface area contributed by atoms with E-state index in [4.69, 9.17) is 4.74 Å². The summed E-state index contributed by atoms with van der Waals surface area (Å²) < 4.78 is 7.12. The normalized spacial score (nSPS) is 16.9. The van der Waals surface area contributed by atoms with Crippen LogP contribution >= 0.6 is 0 Å². The summed E-state index contributed by atoms with van der Waals surface area (Å²) in [5.41, 5.74) is 2.01. The first-order valence-corrected chi connectivity index (χ1v) is 6.47. The predicted molar refractivity (Wildman–Crippen MR) is 71.2 cm³/mol. The van der Waals surface area contributed by atoms with Crippen molar-refractivity contribution in [2.24, 2.45) is 0 Å². The van der Waals surface area contributed by atoms with Gasteiger partial charge in [0.2, 0.25) is 5.95 Å². The number of anilines is 1. The van der Waals surface area contributed by atoms with Gasteiger partial charge >= 0.3 is 0 Å². The van der Waals surface area contributed by atoms with Crippen LogP contribution in [0.5, 0.6) is 0 Å². The Bertz CT molecular complexity index is 575. The van der Waals surface area contributed by atoms with Gasteiger partial charge in [0.25, 0.3) is 0 Å². The Labute approximate surface area is 111 Å². The standard InChI is InChI=1S/C12H18N6O/c1-9-15-11-10(8-17-3-5-19-6-4-17)7-14-18(11)12(13-2)16-9/h7H,3-6,8H2,1-2H3,(H,13,15,16). The molecule has 0 aliphatic carbocycles. The molecule has 7 nitrogen and oxygen atoms in total. The lowest BCUT2D eigenvalue weighted by atomic mass is 10.3. The molecule has 0 saturated carbocycles. The predicted octanol–water partition coefficient (Wildman–Crippen LogP) is 0.307. The second kappa shape index (κ2) is 5.10. The maximum atomic E-state index is 5.36. The minimum absolute atomic E-state index is 0.718. The summed E-state index contributed by atoms with van der Waals surface area (Å²) in [5, 5.41) is 7.41. The van der Waals surface area contributed by atoms with Crippen LogP contribution in [0, 0.1) is 6.92 Å². The Kier molecular flexibility index (Phi) is 3.31. The van der Waals surface area contributed by atoms with Crippen molar-refractivity contribution in [1.29, 1.82) is 0 Å². The van der Waals surface area contributed by atoms with Gasteiger partial charge in [-0.25, -0.2) is 4.98 Å². The number of fused-ring (bicyclic) bond motifs is 1. The molecular formula is C12H18N6O. The van der Waals surface area contributed by atoms with Crippen molar-refractivity contribution < 1.29 is 4.74 Å². The van der Waals surface area contributed by atoms with E-state index in [0.717, 1.165) is 55.8 Å². The summed E-state index contributed by atoms with van der Waals surface area (Å²) >= 11 is 0. The molecule has 2 aromatic heterocycles. The van der Waals surface area contributed by atoms with E-state index in [2.05, 4.69) is 25.3 Å². The van der Waals surface area contributed by atoms with E-state index in [0.29, 0.717) is 0 Å². The zero-order valence-electron chi connectivity index (χ0n) is 11.3. The van der Waals surface area contributed by atoms with Gasteiger partial charge in [0.1, 0.15) is 5.82 Å². The molecule has 102 valence electrons. The zero-order valence-corrected chi connectivity index (χ0v) is 11.3. The van der Waals surface area contributed by atoms with Gasteiger partial charge in [0.05, 0.1) is 19.4 Å². The molecule has 0 aromatic carbocycles. The average molecular weight is 262 g/mol. The van der Waals surface area contributed by atoms with Crippen LogP contribution in [0.1, 0.15) is 11.4 Å². The molecule has 0 bridgehead atoms. The lowest BCUT2D eigenvalue weighted by molar-refractivity contribution is 0.0343. The van der Waals surface area contributed by atoms with Crippen molar-refractivity contribution >= 4 is 11.6 Å². The average Bonchev–Trinajstić information content (AvgIpc) is 2.82. The number of rotatable bonds is 3. The van der Waals surface area contributed by atoms with E-state index in [1.54, 1.807) is 4.52 Å². The van der Waals surface area contributed by atoms with Gasteiger partial charge < -0.3 is 10.1 Å². The fraction of sp³-hybridized carbons (Fsp3) is 0.583. The van der Waals surface area contributed by atoms with E-state index in [-0.39, 0.29) is 0 Å². The van der Waals surface area contributed by atoms with E-state index < -0.39 is 0 Å². The van der Waals surface area contributed by atoms with Gasteiger partial charge in [-0.1, -0.05) is 0 Å². The molecule has 0 spiro atoms. The lowest BCUT2D eigenvalue weighted by Crippen LogP contribution is -2.35. The van der Waals surface area contributed by atoms with Gasteiger partial charge in [-0.3, -0.25) is 4.90 Å². The molecule has 1 saturated heterocycles. The Morgan fingerprint density at radius 1 is 1.32 bits per heavy atom. The minimum Gasteiger partial charge on any atom is -0.379 e. The van der Waals surface area contributed by atoms with Crippen LogP contribution in [0.15, 0.2) is 6.20 Å². The van der Waals surface area contributed by atoms with Crippen LogP contribution in [-0.4, -0.2) is 57.8 Å². The molecule has 0 radical (unpaired) electrons. The van der Waals surface area contributed by atoms with Crippen LogP contribution in [0.2, 0.25) is 0 Å². The first kappa shape index (κ1) is 12.3. The molecule has 0 unspecified atom stereocenters. The molecule has 1 fully saturated rings. The van der Waals surface area contributed by atoms with E-state index in [1.165, 1.54) is 0 Å². The quantitative estimate of drug-likeness (QED) is 0.858. The molecule has 1 N–H and O–H groups in total. The topological polar surface area (TPSA) is 67.6 Å². The molecular weight excluding hydrogens is 244 g/mol. The number of ether oxygens (including phenoxy) is 1. The van der Waals surface area contributed by atoms with E-state index >= 15 is 0 Å². The highest BCUT2D eigenvalue weighted by atomic mass is 16.5. The fourth-order valence-electron chi connectivity index (χ4n) is 2.30. The van der Waals surface area contributed by atoms with Crippen LogP contribution < -0.4 is 5.32 Å². The molecule has 0 atom stereocenters.